The van der Waals surface area contributed by atoms with Gasteiger partial charge in [-0.2, -0.15) is 0 Å². The number of ether oxygens (including phenoxy) is 1. The Bertz CT molecular complexity index is 419. The first-order chi connectivity index (χ1) is 10.8. The van der Waals surface area contributed by atoms with Gasteiger partial charge < -0.3 is 4.74 Å². The van der Waals surface area contributed by atoms with Gasteiger partial charge in [-0.25, -0.2) is 4.79 Å². The third kappa shape index (κ3) is 5.82. The van der Waals surface area contributed by atoms with E-state index >= 15 is 0 Å². The minimum absolute atomic E-state index is 0.186. The van der Waals surface area contributed by atoms with Crippen molar-refractivity contribution < 1.29 is 9.53 Å². The third-order valence-corrected chi connectivity index (χ3v) is 4.95. The zero-order valence-electron chi connectivity index (χ0n) is 13.9. The van der Waals surface area contributed by atoms with Crippen molar-refractivity contribution in [3.8, 4) is 0 Å². The average molecular weight is 302 g/mol. The Morgan fingerprint density at radius 2 is 1.64 bits per heavy atom. The van der Waals surface area contributed by atoms with Crippen molar-refractivity contribution in [3.05, 3.63) is 35.9 Å². The molecule has 2 rings (SSSR count). The molecule has 122 valence electrons. The Balaban J connectivity index is 1.58. The first-order valence-corrected chi connectivity index (χ1v) is 9.01. The highest BCUT2D eigenvalue weighted by atomic mass is 16.5. The van der Waals surface area contributed by atoms with Crippen molar-refractivity contribution in [2.75, 3.05) is 6.61 Å². The maximum absolute atomic E-state index is 11.9. The summed E-state index contributed by atoms with van der Waals surface area (Å²) in [5.41, 5.74) is 0.655. The van der Waals surface area contributed by atoms with E-state index < -0.39 is 0 Å². The summed E-state index contributed by atoms with van der Waals surface area (Å²) in [7, 11) is 0. The zero-order valence-corrected chi connectivity index (χ0v) is 13.9. The molecule has 0 amide bonds. The Morgan fingerprint density at radius 1 is 1.00 bits per heavy atom. The smallest absolute Gasteiger partial charge is 0.338 e. The molecule has 0 bridgehead atoms. The fourth-order valence-corrected chi connectivity index (χ4v) is 3.47. The molecule has 0 spiro atoms. The fraction of sp³-hybridized carbons (Fsp3) is 0.650. The van der Waals surface area contributed by atoms with Crippen molar-refractivity contribution >= 4 is 5.97 Å². The highest BCUT2D eigenvalue weighted by Crippen LogP contribution is 2.33. The van der Waals surface area contributed by atoms with E-state index in [0.29, 0.717) is 12.2 Å². The maximum atomic E-state index is 11.9. The first kappa shape index (κ1) is 17.1. The van der Waals surface area contributed by atoms with E-state index in [9.17, 15) is 4.79 Å². The molecule has 0 N–H and O–H groups in total. The average Bonchev–Trinajstić information content (AvgIpc) is 2.57. The fourth-order valence-electron chi connectivity index (χ4n) is 3.47. The predicted molar refractivity (Wildman–Crippen MR) is 90.9 cm³/mol. The Hall–Kier alpha value is -1.31. The summed E-state index contributed by atoms with van der Waals surface area (Å²) < 4.78 is 5.40. The molecule has 2 nitrogen and oxygen atoms in total. The molecular formula is C20H30O2. The molecule has 1 fully saturated rings. The van der Waals surface area contributed by atoms with Crippen LogP contribution >= 0.6 is 0 Å². The molecule has 2 heteroatoms. The second-order valence-corrected chi connectivity index (χ2v) is 6.67. The van der Waals surface area contributed by atoms with Gasteiger partial charge in [0.25, 0.3) is 0 Å². The van der Waals surface area contributed by atoms with Crippen LogP contribution in [0, 0.1) is 11.8 Å². The minimum Gasteiger partial charge on any atom is -0.462 e. The highest BCUT2D eigenvalue weighted by Gasteiger charge is 2.21. The molecule has 0 atom stereocenters. The van der Waals surface area contributed by atoms with Crippen molar-refractivity contribution in [2.24, 2.45) is 11.8 Å². The summed E-state index contributed by atoms with van der Waals surface area (Å²) in [6.45, 7) is 2.84. The molecule has 1 aromatic rings. The van der Waals surface area contributed by atoms with Gasteiger partial charge in [0.05, 0.1) is 12.2 Å². The number of hydrogen-bond acceptors (Lipinski definition) is 2. The Kier molecular flexibility index (Phi) is 7.48. The molecule has 0 aliphatic heterocycles. The summed E-state index contributed by atoms with van der Waals surface area (Å²) in [5.74, 6) is 1.52. The largest absolute Gasteiger partial charge is 0.462 e. The Morgan fingerprint density at radius 3 is 2.27 bits per heavy atom. The van der Waals surface area contributed by atoms with Crippen LogP contribution in [0.5, 0.6) is 0 Å². The van der Waals surface area contributed by atoms with Crippen LogP contribution in [0.3, 0.4) is 0 Å². The normalized spacial score (nSPS) is 21.5. The molecule has 0 aromatic heterocycles. The second kappa shape index (κ2) is 9.66. The van der Waals surface area contributed by atoms with Crippen LogP contribution < -0.4 is 0 Å². The van der Waals surface area contributed by atoms with Crippen LogP contribution in [-0.2, 0) is 4.74 Å². The third-order valence-electron chi connectivity index (χ3n) is 4.95. The molecule has 1 aliphatic carbocycles. The van der Waals surface area contributed by atoms with Gasteiger partial charge in [0.1, 0.15) is 0 Å². The van der Waals surface area contributed by atoms with E-state index in [2.05, 4.69) is 6.92 Å². The number of rotatable bonds is 8. The number of unbranched alkanes of at least 4 members (excludes halogenated alkanes) is 2. The van der Waals surface area contributed by atoms with E-state index in [1.807, 2.05) is 30.3 Å². The zero-order chi connectivity index (χ0) is 15.6. The summed E-state index contributed by atoms with van der Waals surface area (Å²) in [6.07, 6.45) is 11.9. The minimum atomic E-state index is -0.186. The number of hydrogen-bond donors (Lipinski definition) is 0. The molecule has 0 saturated heterocycles. The van der Waals surface area contributed by atoms with Gasteiger partial charge in [-0.15, -0.1) is 0 Å². The summed E-state index contributed by atoms with van der Waals surface area (Å²) >= 11 is 0. The molecule has 0 unspecified atom stereocenters. The summed E-state index contributed by atoms with van der Waals surface area (Å²) in [5, 5.41) is 0. The standard InChI is InChI=1S/C20H30O2/c1-2-3-5-8-17-11-13-18(14-12-17)15-16-22-20(21)19-9-6-4-7-10-19/h4,6-7,9-10,17-18H,2-3,5,8,11-16H2,1H3. The topological polar surface area (TPSA) is 26.3 Å². The molecular weight excluding hydrogens is 272 g/mol. The second-order valence-electron chi connectivity index (χ2n) is 6.67. The number of carbonyl (C=O) groups excluding carboxylic acids is 1. The van der Waals surface area contributed by atoms with Crippen molar-refractivity contribution in [1.29, 1.82) is 0 Å². The lowest BCUT2D eigenvalue weighted by molar-refractivity contribution is 0.0470. The van der Waals surface area contributed by atoms with Crippen molar-refractivity contribution in [1.82, 2.24) is 0 Å². The van der Waals surface area contributed by atoms with Crippen LogP contribution in [0.15, 0.2) is 30.3 Å². The van der Waals surface area contributed by atoms with Crippen LogP contribution in [-0.4, -0.2) is 12.6 Å². The molecule has 1 aromatic carbocycles. The van der Waals surface area contributed by atoms with Gasteiger partial charge in [0, 0.05) is 0 Å². The maximum Gasteiger partial charge on any atom is 0.338 e. The van der Waals surface area contributed by atoms with Crippen molar-refractivity contribution in [2.45, 2.75) is 64.7 Å². The van der Waals surface area contributed by atoms with E-state index in [-0.39, 0.29) is 5.97 Å². The summed E-state index contributed by atoms with van der Waals surface area (Å²) in [4.78, 5) is 11.9. The lowest BCUT2D eigenvalue weighted by Crippen LogP contribution is -2.17. The van der Waals surface area contributed by atoms with Crippen LogP contribution in [0.1, 0.15) is 75.1 Å². The molecule has 1 saturated carbocycles. The monoisotopic (exact) mass is 302 g/mol. The molecule has 22 heavy (non-hydrogen) atoms. The van der Waals surface area contributed by atoms with Crippen LogP contribution in [0.2, 0.25) is 0 Å². The summed E-state index contributed by atoms with van der Waals surface area (Å²) in [6, 6.07) is 9.27. The van der Waals surface area contributed by atoms with Gasteiger partial charge in [0.2, 0.25) is 0 Å². The van der Waals surface area contributed by atoms with Gasteiger partial charge >= 0.3 is 5.97 Å². The number of carbonyl (C=O) groups is 1. The molecule has 1 aliphatic rings. The first-order valence-electron chi connectivity index (χ1n) is 9.01. The quantitative estimate of drug-likeness (QED) is 0.460. The molecule has 0 heterocycles. The highest BCUT2D eigenvalue weighted by molar-refractivity contribution is 5.89. The van der Waals surface area contributed by atoms with E-state index in [1.165, 1.54) is 51.4 Å². The van der Waals surface area contributed by atoms with Crippen LogP contribution in [0.25, 0.3) is 0 Å². The molecule has 0 radical (unpaired) electrons. The van der Waals surface area contributed by atoms with Gasteiger partial charge in [0.15, 0.2) is 0 Å². The van der Waals surface area contributed by atoms with Gasteiger partial charge in [-0.3, -0.25) is 0 Å². The van der Waals surface area contributed by atoms with Gasteiger partial charge in [-0.1, -0.05) is 76.5 Å². The lowest BCUT2D eigenvalue weighted by Gasteiger charge is -2.28. The number of benzene rings is 1. The Labute approximate surface area is 135 Å². The lowest BCUT2D eigenvalue weighted by atomic mass is 9.78. The predicted octanol–water partition coefficient (Wildman–Crippen LogP) is 5.62. The van der Waals surface area contributed by atoms with Crippen LogP contribution in [0.4, 0.5) is 0 Å². The van der Waals surface area contributed by atoms with Gasteiger partial charge in [-0.05, 0) is 30.4 Å². The van der Waals surface area contributed by atoms with E-state index in [4.69, 9.17) is 4.74 Å². The number of esters is 1. The SMILES string of the molecule is CCCCCC1CCC(CCOC(=O)c2ccccc2)CC1. The van der Waals surface area contributed by atoms with E-state index in [1.54, 1.807) is 0 Å². The van der Waals surface area contributed by atoms with Crippen molar-refractivity contribution in [3.63, 3.8) is 0 Å². The van der Waals surface area contributed by atoms with E-state index in [0.717, 1.165) is 18.3 Å².